The molecule has 6 nitrogen and oxygen atoms in total. The minimum Gasteiger partial charge on any atom is -0.493 e. The van der Waals surface area contributed by atoms with Crippen molar-refractivity contribution in [2.45, 2.75) is 32.2 Å². The van der Waals surface area contributed by atoms with Crippen molar-refractivity contribution < 1.29 is 9.53 Å². The number of carbonyl (C=O) groups is 1. The van der Waals surface area contributed by atoms with Gasteiger partial charge in [0.15, 0.2) is 11.4 Å². The zero-order chi connectivity index (χ0) is 17.3. The normalized spacial score (nSPS) is 16.5. The molecular formula is C18H26N4O2. The number of nitrogens with zero attached hydrogens (tertiary/aromatic N) is 4. The maximum Gasteiger partial charge on any atom is 0.272 e. The summed E-state index contributed by atoms with van der Waals surface area (Å²) < 4.78 is 7.26. The highest BCUT2D eigenvalue weighted by Crippen LogP contribution is 2.24. The standard InChI is InChI=1S/C18H26N4O2/c1-5-14-16(22-10-6-7-15(24-4)17(22)19-14)18(23)21(3)13-8-11-20(2)12-9-13/h6-7,10,13H,5,8-9,11-12H2,1-4H3. The third-order valence-electron chi connectivity index (χ3n) is 5.00. The molecule has 0 atom stereocenters. The Labute approximate surface area is 143 Å². The van der Waals surface area contributed by atoms with Crippen molar-refractivity contribution in [3.8, 4) is 5.75 Å². The van der Waals surface area contributed by atoms with Crippen molar-refractivity contribution in [2.24, 2.45) is 0 Å². The third-order valence-corrected chi connectivity index (χ3v) is 5.00. The molecule has 3 heterocycles. The van der Waals surface area contributed by atoms with Crippen molar-refractivity contribution in [3.63, 3.8) is 0 Å². The Morgan fingerprint density at radius 1 is 1.42 bits per heavy atom. The number of fused-ring (bicyclic) bond motifs is 1. The van der Waals surface area contributed by atoms with Gasteiger partial charge in [-0.25, -0.2) is 4.98 Å². The first kappa shape index (κ1) is 16.8. The average molecular weight is 330 g/mol. The van der Waals surface area contributed by atoms with Gasteiger partial charge in [0.1, 0.15) is 5.69 Å². The van der Waals surface area contributed by atoms with E-state index in [-0.39, 0.29) is 11.9 Å². The Morgan fingerprint density at radius 2 is 2.12 bits per heavy atom. The van der Waals surface area contributed by atoms with Crippen LogP contribution in [0.15, 0.2) is 18.3 Å². The number of methoxy groups -OCH3 is 1. The van der Waals surface area contributed by atoms with Crippen LogP contribution < -0.4 is 4.74 Å². The Balaban J connectivity index is 1.97. The first-order chi connectivity index (χ1) is 11.6. The molecule has 1 fully saturated rings. The van der Waals surface area contributed by atoms with E-state index in [2.05, 4.69) is 16.9 Å². The second kappa shape index (κ2) is 6.81. The van der Waals surface area contributed by atoms with Crippen LogP contribution in [0.25, 0.3) is 5.65 Å². The summed E-state index contributed by atoms with van der Waals surface area (Å²) in [6.45, 7) is 4.09. The second-order valence-corrected chi connectivity index (χ2v) is 6.48. The van der Waals surface area contributed by atoms with Gasteiger partial charge >= 0.3 is 0 Å². The highest BCUT2D eigenvalue weighted by molar-refractivity contribution is 5.95. The maximum atomic E-state index is 13.2. The lowest BCUT2D eigenvalue weighted by atomic mass is 10.0. The van der Waals surface area contributed by atoms with Gasteiger partial charge in [0.25, 0.3) is 5.91 Å². The molecule has 130 valence electrons. The number of hydrogen-bond acceptors (Lipinski definition) is 4. The molecule has 3 rings (SSSR count). The van der Waals surface area contributed by atoms with E-state index in [1.807, 2.05) is 41.6 Å². The monoisotopic (exact) mass is 330 g/mol. The van der Waals surface area contributed by atoms with E-state index in [1.165, 1.54) is 0 Å². The van der Waals surface area contributed by atoms with E-state index < -0.39 is 0 Å². The summed E-state index contributed by atoms with van der Waals surface area (Å²) in [5.74, 6) is 0.732. The van der Waals surface area contributed by atoms with Gasteiger partial charge in [-0.3, -0.25) is 9.20 Å². The highest BCUT2D eigenvalue weighted by atomic mass is 16.5. The first-order valence-corrected chi connectivity index (χ1v) is 8.56. The molecule has 0 aromatic carbocycles. The number of rotatable bonds is 4. The number of ether oxygens (including phenoxy) is 1. The Kier molecular flexibility index (Phi) is 4.76. The molecule has 24 heavy (non-hydrogen) atoms. The summed E-state index contributed by atoms with van der Waals surface area (Å²) in [5, 5.41) is 0. The zero-order valence-corrected chi connectivity index (χ0v) is 15.0. The number of carbonyl (C=O) groups excluding carboxylic acids is 1. The quantitative estimate of drug-likeness (QED) is 0.861. The lowest BCUT2D eigenvalue weighted by molar-refractivity contribution is 0.0651. The molecule has 2 aromatic heterocycles. The number of amides is 1. The molecule has 1 aliphatic rings. The van der Waals surface area contributed by atoms with Crippen LogP contribution >= 0.6 is 0 Å². The molecule has 6 heteroatoms. The number of aromatic nitrogens is 2. The molecule has 1 saturated heterocycles. The van der Waals surface area contributed by atoms with Crippen molar-refractivity contribution >= 4 is 11.6 Å². The van der Waals surface area contributed by atoms with Crippen molar-refractivity contribution in [2.75, 3.05) is 34.3 Å². The number of hydrogen-bond donors (Lipinski definition) is 0. The molecule has 0 radical (unpaired) electrons. The number of aryl methyl sites for hydroxylation is 1. The van der Waals surface area contributed by atoms with Crippen LogP contribution in [0, 0.1) is 0 Å². The van der Waals surface area contributed by atoms with Crippen LogP contribution in [-0.2, 0) is 6.42 Å². The average Bonchev–Trinajstić information content (AvgIpc) is 2.99. The van der Waals surface area contributed by atoms with Gasteiger partial charge in [0.2, 0.25) is 0 Å². The van der Waals surface area contributed by atoms with Crippen LogP contribution in [0.1, 0.15) is 35.9 Å². The molecule has 0 unspecified atom stereocenters. The fraction of sp³-hybridized carbons (Fsp3) is 0.556. The minimum atomic E-state index is 0.0437. The predicted molar refractivity (Wildman–Crippen MR) is 93.7 cm³/mol. The Bertz CT molecular complexity index is 732. The predicted octanol–water partition coefficient (Wildman–Crippen LogP) is 2.07. The molecule has 0 bridgehead atoms. The molecule has 0 saturated carbocycles. The minimum absolute atomic E-state index is 0.0437. The molecule has 1 amide bonds. The third kappa shape index (κ3) is 2.86. The fourth-order valence-corrected chi connectivity index (χ4v) is 3.44. The van der Waals surface area contributed by atoms with Crippen molar-refractivity contribution in [3.05, 3.63) is 29.7 Å². The van der Waals surface area contributed by atoms with E-state index in [1.54, 1.807) is 7.11 Å². The molecule has 1 aliphatic heterocycles. The fourth-order valence-electron chi connectivity index (χ4n) is 3.44. The van der Waals surface area contributed by atoms with E-state index in [9.17, 15) is 4.79 Å². The summed E-state index contributed by atoms with van der Waals surface area (Å²) in [5.41, 5.74) is 2.19. The molecule has 0 aliphatic carbocycles. The summed E-state index contributed by atoms with van der Waals surface area (Å²) in [6, 6.07) is 4.05. The van der Waals surface area contributed by atoms with E-state index in [0.717, 1.165) is 31.6 Å². The number of pyridine rings is 1. The molecule has 2 aromatic rings. The topological polar surface area (TPSA) is 50.1 Å². The van der Waals surface area contributed by atoms with Crippen molar-refractivity contribution in [1.29, 1.82) is 0 Å². The number of imidazole rings is 1. The van der Waals surface area contributed by atoms with Gasteiger partial charge in [-0.2, -0.15) is 0 Å². The zero-order valence-electron chi connectivity index (χ0n) is 15.0. The lowest BCUT2D eigenvalue weighted by Gasteiger charge is -2.35. The highest BCUT2D eigenvalue weighted by Gasteiger charge is 2.28. The van der Waals surface area contributed by atoms with Gasteiger partial charge in [0, 0.05) is 19.3 Å². The van der Waals surface area contributed by atoms with Gasteiger partial charge in [-0.05, 0) is 51.5 Å². The molecular weight excluding hydrogens is 304 g/mol. The summed E-state index contributed by atoms with van der Waals surface area (Å²) in [4.78, 5) is 22.0. The second-order valence-electron chi connectivity index (χ2n) is 6.48. The SMILES string of the molecule is CCc1nc2c(OC)cccn2c1C(=O)N(C)C1CCN(C)CC1. The van der Waals surface area contributed by atoms with Crippen LogP contribution in [0.3, 0.4) is 0 Å². The van der Waals surface area contributed by atoms with Gasteiger partial charge in [-0.15, -0.1) is 0 Å². The number of likely N-dealkylation sites (tertiary alicyclic amines) is 1. The van der Waals surface area contributed by atoms with Gasteiger partial charge in [0.05, 0.1) is 12.8 Å². The van der Waals surface area contributed by atoms with Gasteiger partial charge in [-0.1, -0.05) is 6.92 Å². The smallest absolute Gasteiger partial charge is 0.272 e. The van der Waals surface area contributed by atoms with E-state index in [0.29, 0.717) is 23.5 Å². The Hall–Kier alpha value is -2.08. The van der Waals surface area contributed by atoms with Crippen LogP contribution in [0.5, 0.6) is 5.75 Å². The van der Waals surface area contributed by atoms with Crippen molar-refractivity contribution in [1.82, 2.24) is 19.2 Å². The van der Waals surface area contributed by atoms with Gasteiger partial charge < -0.3 is 14.5 Å². The lowest BCUT2D eigenvalue weighted by Crippen LogP contribution is -2.44. The van der Waals surface area contributed by atoms with E-state index in [4.69, 9.17) is 4.74 Å². The first-order valence-electron chi connectivity index (χ1n) is 8.56. The summed E-state index contributed by atoms with van der Waals surface area (Å²) >= 11 is 0. The summed E-state index contributed by atoms with van der Waals surface area (Å²) in [7, 11) is 5.67. The van der Waals surface area contributed by atoms with E-state index >= 15 is 0 Å². The molecule has 0 spiro atoms. The van der Waals surface area contributed by atoms with Crippen LogP contribution in [0.4, 0.5) is 0 Å². The summed E-state index contributed by atoms with van der Waals surface area (Å²) in [6.07, 6.45) is 4.63. The molecule has 0 N–H and O–H groups in total. The van der Waals surface area contributed by atoms with Crippen LogP contribution in [0.2, 0.25) is 0 Å². The Morgan fingerprint density at radius 3 is 2.75 bits per heavy atom. The largest absolute Gasteiger partial charge is 0.493 e. The maximum absolute atomic E-state index is 13.2. The number of piperidine rings is 1. The van der Waals surface area contributed by atoms with Crippen LogP contribution in [-0.4, -0.2) is 65.4 Å².